The number of likely N-dealkylation sites (N-methyl/N-ethyl adjacent to an activating group) is 1. The van der Waals surface area contributed by atoms with Gasteiger partial charge < -0.3 is 19.5 Å². The van der Waals surface area contributed by atoms with Crippen molar-refractivity contribution in [2.75, 3.05) is 52.9 Å². The second-order valence-corrected chi connectivity index (χ2v) is 6.93. The van der Waals surface area contributed by atoms with Gasteiger partial charge >= 0.3 is 0 Å². The zero-order chi connectivity index (χ0) is 17.1. The predicted molar refractivity (Wildman–Crippen MR) is 89.4 cm³/mol. The van der Waals surface area contributed by atoms with Crippen molar-refractivity contribution in [3.63, 3.8) is 0 Å². The molecule has 1 aromatic heterocycles. The Labute approximate surface area is 143 Å². The third-order valence-electron chi connectivity index (χ3n) is 5.31. The highest BCUT2D eigenvalue weighted by molar-refractivity contribution is 5.77. The molecule has 2 saturated heterocycles. The fourth-order valence-corrected chi connectivity index (χ4v) is 3.56. The van der Waals surface area contributed by atoms with Gasteiger partial charge in [0.15, 0.2) is 0 Å². The summed E-state index contributed by atoms with van der Waals surface area (Å²) in [6.07, 6.45) is 1.76. The van der Waals surface area contributed by atoms with Crippen LogP contribution in [0.5, 0.6) is 0 Å². The Morgan fingerprint density at radius 3 is 2.38 bits per heavy atom. The zero-order valence-corrected chi connectivity index (χ0v) is 14.7. The number of carbonyl (C=O) groups excluding carboxylic acids is 1. The van der Waals surface area contributed by atoms with Crippen LogP contribution in [0.3, 0.4) is 0 Å². The third kappa shape index (κ3) is 3.76. The molecular weight excluding hydrogens is 308 g/mol. The van der Waals surface area contributed by atoms with E-state index in [1.165, 1.54) is 0 Å². The number of carbonyl (C=O) groups is 1. The Balaban J connectivity index is 1.58. The SMILES string of the molecule is CN1CCN(Cc2nnc(C3CCN(C(=O)CO)CC3)n2C)CC1. The maximum atomic E-state index is 11.6. The molecule has 0 saturated carbocycles. The van der Waals surface area contributed by atoms with Crippen molar-refractivity contribution in [1.29, 1.82) is 0 Å². The molecule has 0 aliphatic carbocycles. The van der Waals surface area contributed by atoms with Crippen molar-refractivity contribution < 1.29 is 9.90 Å². The van der Waals surface area contributed by atoms with Gasteiger partial charge in [0.05, 0.1) is 6.54 Å². The lowest BCUT2D eigenvalue weighted by atomic mass is 9.96. The van der Waals surface area contributed by atoms with E-state index in [1.54, 1.807) is 4.90 Å². The molecule has 0 radical (unpaired) electrons. The number of piperidine rings is 1. The van der Waals surface area contributed by atoms with Gasteiger partial charge in [-0.15, -0.1) is 10.2 Å². The maximum absolute atomic E-state index is 11.6. The van der Waals surface area contributed by atoms with Gasteiger partial charge in [0.2, 0.25) is 5.91 Å². The summed E-state index contributed by atoms with van der Waals surface area (Å²) in [7, 11) is 4.21. The van der Waals surface area contributed by atoms with E-state index in [2.05, 4.69) is 31.6 Å². The number of aliphatic hydroxyl groups excluding tert-OH is 1. The van der Waals surface area contributed by atoms with Gasteiger partial charge in [-0.3, -0.25) is 9.69 Å². The number of aliphatic hydroxyl groups is 1. The van der Waals surface area contributed by atoms with Gasteiger partial charge in [0, 0.05) is 52.2 Å². The van der Waals surface area contributed by atoms with Crippen molar-refractivity contribution >= 4 is 5.91 Å². The van der Waals surface area contributed by atoms with Crippen LogP contribution in [0.4, 0.5) is 0 Å². The van der Waals surface area contributed by atoms with Crippen LogP contribution in [-0.4, -0.2) is 93.4 Å². The number of aromatic nitrogens is 3. The Morgan fingerprint density at radius 2 is 1.75 bits per heavy atom. The molecule has 24 heavy (non-hydrogen) atoms. The van der Waals surface area contributed by atoms with Gasteiger partial charge in [-0.1, -0.05) is 0 Å². The quantitative estimate of drug-likeness (QED) is 0.780. The van der Waals surface area contributed by atoms with Crippen LogP contribution < -0.4 is 0 Å². The molecule has 0 unspecified atom stereocenters. The first-order valence-electron chi connectivity index (χ1n) is 8.76. The minimum atomic E-state index is -0.399. The van der Waals surface area contributed by atoms with Gasteiger partial charge in [-0.05, 0) is 19.9 Å². The summed E-state index contributed by atoms with van der Waals surface area (Å²) in [5, 5.41) is 17.8. The van der Waals surface area contributed by atoms with Crippen LogP contribution in [0.15, 0.2) is 0 Å². The molecule has 8 heteroatoms. The average molecular weight is 336 g/mol. The summed E-state index contributed by atoms with van der Waals surface area (Å²) in [5.41, 5.74) is 0. The second kappa shape index (κ2) is 7.58. The number of hydrogen-bond donors (Lipinski definition) is 1. The Bertz CT molecular complexity index is 559. The van der Waals surface area contributed by atoms with Crippen LogP contribution in [-0.2, 0) is 18.4 Å². The van der Waals surface area contributed by atoms with E-state index in [1.807, 2.05) is 7.05 Å². The van der Waals surface area contributed by atoms with E-state index in [0.29, 0.717) is 19.0 Å². The van der Waals surface area contributed by atoms with Crippen LogP contribution in [0.25, 0.3) is 0 Å². The first-order valence-corrected chi connectivity index (χ1v) is 8.76. The molecule has 134 valence electrons. The predicted octanol–water partition coefficient (Wildman–Crippen LogP) is -0.739. The Hall–Kier alpha value is -1.51. The number of piperazine rings is 1. The number of hydrogen-bond acceptors (Lipinski definition) is 6. The highest BCUT2D eigenvalue weighted by Crippen LogP contribution is 2.27. The minimum Gasteiger partial charge on any atom is -0.387 e. The lowest BCUT2D eigenvalue weighted by Crippen LogP contribution is -2.44. The molecule has 3 heterocycles. The summed E-state index contributed by atoms with van der Waals surface area (Å²) in [6.45, 7) is 6.16. The molecule has 3 rings (SSSR count). The van der Waals surface area contributed by atoms with Crippen molar-refractivity contribution in [1.82, 2.24) is 29.5 Å². The number of rotatable bonds is 4. The molecule has 2 aliphatic rings. The normalized spacial score (nSPS) is 21.4. The lowest BCUT2D eigenvalue weighted by Gasteiger charge is -2.32. The maximum Gasteiger partial charge on any atom is 0.248 e. The minimum absolute atomic E-state index is 0.179. The van der Waals surface area contributed by atoms with Crippen LogP contribution in [0.1, 0.15) is 30.4 Å². The monoisotopic (exact) mass is 336 g/mol. The smallest absolute Gasteiger partial charge is 0.248 e. The van der Waals surface area contributed by atoms with Gasteiger partial charge in [0.25, 0.3) is 0 Å². The molecule has 0 atom stereocenters. The summed E-state index contributed by atoms with van der Waals surface area (Å²) < 4.78 is 2.13. The topological polar surface area (TPSA) is 77.7 Å². The van der Waals surface area contributed by atoms with Gasteiger partial charge in [0.1, 0.15) is 18.3 Å². The molecular formula is C16H28N6O2. The molecule has 1 aromatic rings. The lowest BCUT2D eigenvalue weighted by molar-refractivity contribution is -0.135. The third-order valence-corrected chi connectivity index (χ3v) is 5.31. The molecule has 8 nitrogen and oxygen atoms in total. The van der Waals surface area contributed by atoms with Crippen molar-refractivity contribution in [2.45, 2.75) is 25.3 Å². The van der Waals surface area contributed by atoms with Crippen LogP contribution >= 0.6 is 0 Å². The summed E-state index contributed by atoms with van der Waals surface area (Å²) in [4.78, 5) is 18.1. The Kier molecular flexibility index (Phi) is 5.47. The van der Waals surface area contributed by atoms with E-state index in [-0.39, 0.29) is 5.91 Å². The number of nitrogens with zero attached hydrogens (tertiary/aromatic N) is 6. The molecule has 2 fully saturated rings. The van der Waals surface area contributed by atoms with Crippen molar-refractivity contribution in [2.24, 2.45) is 7.05 Å². The largest absolute Gasteiger partial charge is 0.387 e. The highest BCUT2D eigenvalue weighted by Gasteiger charge is 2.27. The molecule has 0 bridgehead atoms. The second-order valence-electron chi connectivity index (χ2n) is 6.93. The standard InChI is InChI=1S/C16H28N6O2/c1-19-7-9-21(10-8-19)11-14-17-18-16(20(14)2)13-3-5-22(6-4-13)15(24)12-23/h13,23H,3-12H2,1-2H3. The van der Waals surface area contributed by atoms with Gasteiger partial charge in [-0.25, -0.2) is 0 Å². The van der Waals surface area contributed by atoms with E-state index >= 15 is 0 Å². The average Bonchev–Trinajstić information content (AvgIpc) is 2.97. The fraction of sp³-hybridized carbons (Fsp3) is 0.812. The van der Waals surface area contributed by atoms with E-state index in [0.717, 1.165) is 57.2 Å². The van der Waals surface area contributed by atoms with Gasteiger partial charge in [-0.2, -0.15) is 0 Å². The summed E-state index contributed by atoms with van der Waals surface area (Å²) >= 11 is 0. The van der Waals surface area contributed by atoms with Crippen LogP contribution in [0.2, 0.25) is 0 Å². The van der Waals surface area contributed by atoms with E-state index < -0.39 is 6.61 Å². The molecule has 1 N–H and O–H groups in total. The highest BCUT2D eigenvalue weighted by atomic mass is 16.3. The van der Waals surface area contributed by atoms with E-state index in [4.69, 9.17) is 5.11 Å². The first-order chi connectivity index (χ1) is 11.6. The summed E-state index contributed by atoms with van der Waals surface area (Å²) in [5.74, 6) is 2.20. The Morgan fingerprint density at radius 1 is 1.08 bits per heavy atom. The zero-order valence-electron chi connectivity index (χ0n) is 14.7. The number of likely N-dealkylation sites (tertiary alicyclic amines) is 1. The number of amides is 1. The van der Waals surface area contributed by atoms with Crippen LogP contribution in [0, 0.1) is 0 Å². The molecule has 0 aromatic carbocycles. The summed E-state index contributed by atoms with van der Waals surface area (Å²) in [6, 6.07) is 0. The molecule has 1 amide bonds. The fourth-order valence-electron chi connectivity index (χ4n) is 3.56. The molecule has 2 aliphatic heterocycles. The first kappa shape index (κ1) is 17.3. The molecule has 0 spiro atoms. The van der Waals surface area contributed by atoms with Crippen molar-refractivity contribution in [3.05, 3.63) is 11.6 Å². The van der Waals surface area contributed by atoms with Crippen molar-refractivity contribution in [3.8, 4) is 0 Å². The van der Waals surface area contributed by atoms with E-state index in [9.17, 15) is 4.79 Å².